The van der Waals surface area contributed by atoms with E-state index in [0.717, 1.165) is 17.7 Å². The molecule has 0 spiro atoms. The van der Waals surface area contributed by atoms with E-state index in [1.165, 1.54) is 4.31 Å². The molecule has 0 atom stereocenters. The summed E-state index contributed by atoms with van der Waals surface area (Å²) in [6.07, 6.45) is 2.38. The third-order valence-corrected chi connectivity index (χ3v) is 6.97. The summed E-state index contributed by atoms with van der Waals surface area (Å²) in [5, 5.41) is 0. The van der Waals surface area contributed by atoms with Crippen LogP contribution in [-0.4, -0.2) is 27.4 Å². The molecule has 0 saturated heterocycles. The van der Waals surface area contributed by atoms with Crippen LogP contribution in [0.3, 0.4) is 0 Å². The van der Waals surface area contributed by atoms with E-state index in [1.54, 1.807) is 65.6 Å². The van der Waals surface area contributed by atoms with Crippen LogP contribution < -0.4 is 9.21 Å². The van der Waals surface area contributed by atoms with Crippen LogP contribution in [0.15, 0.2) is 96.4 Å². The fourth-order valence-electron chi connectivity index (χ4n) is 3.65. The Kier molecular flexibility index (Phi) is 5.42. The van der Waals surface area contributed by atoms with Crippen LogP contribution in [0.1, 0.15) is 15.9 Å². The number of benzene rings is 3. The summed E-state index contributed by atoms with van der Waals surface area (Å²) >= 11 is 0. The quantitative estimate of drug-likeness (QED) is 0.562. The van der Waals surface area contributed by atoms with Gasteiger partial charge in [-0.3, -0.25) is 9.10 Å². The molecule has 1 amide bonds. The maximum Gasteiger partial charge on any atom is 0.264 e. The number of rotatable bonds is 6. The van der Waals surface area contributed by atoms with E-state index in [4.69, 9.17) is 0 Å². The van der Waals surface area contributed by atoms with Crippen LogP contribution in [0.5, 0.6) is 0 Å². The van der Waals surface area contributed by atoms with Gasteiger partial charge >= 0.3 is 0 Å². The largest absolute Gasteiger partial charge is 0.308 e. The molecule has 3 aromatic rings. The van der Waals surface area contributed by atoms with Crippen LogP contribution in [0.25, 0.3) is 0 Å². The van der Waals surface area contributed by atoms with Gasteiger partial charge in [-0.1, -0.05) is 42.5 Å². The van der Waals surface area contributed by atoms with Crippen molar-refractivity contribution in [2.24, 2.45) is 0 Å². The molecule has 1 aliphatic heterocycles. The van der Waals surface area contributed by atoms with Gasteiger partial charge < -0.3 is 4.90 Å². The third kappa shape index (κ3) is 3.62. The number of nitrogens with zero attached hydrogens (tertiary/aromatic N) is 2. The molecule has 30 heavy (non-hydrogen) atoms. The molecule has 0 saturated carbocycles. The summed E-state index contributed by atoms with van der Waals surface area (Å²) in [6, 6.07) is 22.8. The molecule has 0 unspecified atom stereocenters. The average Bonchev–Trinajstić information content (AvgIpc) is 3.22. The van der Waals surface area contributed by atoms with E-state index in [9.17, 15) is 13.2 Å². The monoisotopic (exact) mass is 418 g/mol. The number of carbonyl (C=O) groups excluding carboxylic acids is 1. The number of amides is 1. The van der Waals surface area contributed by atoms with Crippen molar-refractivity contribution in [3.63, 3.8) is 0 Å². The number of fused-ring (bicyclic) bond motifs is 1. The lowest BCUT2D eigenvalue weighted by atomic mass is 10.1. The predicted molar refractivity (Wildman–Crippen MR) is 119 cm³/mol. The number of anilines is 2. The maximum atomic E-state index is 13.1. The van der Waals surface area contributed by atoms with Gasteiger partial charge in [0.2, 0.25) is 0 Å². The van der Waals surface area contributed by atoms with Gasteiger partial charge in [-0.2, -0.15) is 0 Å². The minimum Gasteiger partial charge on any atom is -0.308 e. The first-order chi connectivity index (χ1) is 14.5. The standard InChI is InChI=1S/C24H22N2O3S/c1-2-17-26(30(28,29)22-9-4-3-5-10-22)21-14-12-20(13-15-21)24(27)25-18-16-19-8-6-7-11-23(19)25/h2-15H,1,16-18H2. The lowest BCUT2D eigenvalue weighted by Gasteiger charge is -2.24. The van der Waals surface area contributed by atoms with Crippen LogP contribution >= 0.6 is 0 Å². The normalized spacial score (nSPS) is 13.0. The highest BCUT2D eigenvalue weighted by molar-refractivity contribution is 7.92. The summed E-state index contributed by atoms with van der Waals surface area (Å²) in [5.74, 6) is -0.0901. The second-order valence-electron chi connectivity index (χ2n) is 7.02. The number of para-hydroxylation sites is 1. The van der Waals surface area contributed by atoms with Crippen molar-refractivity contribution in [2.75, 3.05) is 22.3 Å². The second-order valence-corrected chi connectivity index (χ2v) is 8.88. The molecule has 152 valence electrons. The smallest absolute Gasteiger partial charge is 0.264 e. The summed E-state index contributed by atoms with van der Waals surface area (Å²) in [4.78, 5) is 15.0. The van der Waals surface area contributed by atoms with Crippen LogP contribution in [0.4, 0.5) is 11.4 Å². The van der Waals surface area contributed by atoms with Gasteiger partial charge in [0.25, 0.3) is 15.9 Å². The molecule has 0 fully saturated rings. The van der Waals surface area contributed by atoms with E-state index in [0.29, 0.717) is 17.8 Å². The summed E-state index contributed by atoms with van der Waals surface area (Å²) < 4.78 is 27.5. The highest BCUT2D eigenvalue weighted by Gasteiger charge is 2.27. The molecule has 0 aromatic heterocycles. The Morgan fingerprint density at radius 1 is 0.967 bits per heavy atom. The number of carbonyl (C=O) groups is 1. The van der Waals surface area contributed by atoms with Crippen molar-refractivity contribution < 1.29 is 13.2 Å². The Labute approximate surface area is 176 Å². The van der Waals surface area contributed by atoms with Gasteiger partial charge in [0.05, 0.1) is 17.1 Å². The van der Waals surface area contributed by atoms with Gasteiger partial charge in [0.1, 0.15) is 0 Å². The van der Waals surface area contributed by atoms with Crippen molar-refractivity contribution in [1.82, 2.24) is 0 Å². The van der Waals surface area contributed by atoms with Crippen molar-refractivity contribution in [1.29, 1.82) is 0 Å². The first-order valence-electron chi connectivity index (χ1n) is 9.71. The fraction of sp³-hybridized carbons (Fsp3) is 0.125. The Morgan fingerprint density at radius 2 is 1.63 bits per heavy atom. The lowest BCUT2D eigenvalue weighted by Crippen LogP contribution is -2.31. The molecule has 0 aliphatic carbocycles. The number of hydrogen-bond acceptors (Lipinski definition) is 3. The van der Waals surface area contributed by atoms with E-state index < -0.39 is 10.0 Å². The SMILES string of the molecule is C=CCN(c1ccc(C(=O)N2CCc3ccccc32)cc1)S(=O)(=O)c1ccccc1. The Balaban J connectivity index is 1.62. The Hall–Kier alpha value is -3.38. The van der Waals surface area contributed by atoms with E-state index in [2.05, 4.69) is 6.58 Å². The zero-order chi connectivity index (χ0) is 21.1. The zero-order valence-corrected chi connectivity index (χ0v) is 17.3. The number of hydrogen-bond donors (Lipinski definition) is 0. The topological polar surface area (TPSA) is 57.7 Å². The van der Waals surface area contributed by atoms with Gasteiger partial charge in [-0.15, -0.1) is 6.58 Å². The van der Waals surface area contributed by atoms with Crippen molar-refractivity contribution in [2.45, 2.75) is 11.3 Å². The minimum absolute atomic E-state index is 0.0901. The van der Waals surface area contributed by atoms with Crippen molar-refractivity contribution >= 4 is 27.3 Å². The zero-order valence-electron chi connectivity index (χ0n) is 16.4. The summed E-state index contributed by atoms with van der Waals surface area (Å²) in [7, 11) is -3.74. The summed E-state index contributed by atoms with van der Waals surface area (Å²) in [6.45, 7) is 4.46. The molecule has 0 bridgehead atoms. The van der Waals surface area contributed by atoms with E-state index in [1.807, 2.05) is 24.3 Å². The maximum absolute atomic E-state index is 13.1. The van der Waals surface area contributed by atoms with E-state index in [-0.39, 0.29) is 17.3 Å². The fourth-order valence-corrected chi connectivity index (χ4v) is 5.11. The first kappa shape index (κ1) is 19.9. The highest BCUT2D eigenvalue weighted by Crippen LogP contribution is 2.30. The first-order valence-corrected chi connectivity index (χ1v) is 11.1. The molecule has 0 radical (unpaired) electrons. The molecule has 1 heterocycles. The molecule has 4 rings (SSSR count). The average molecular weight is 419 g/mol. The second kappa shape index (κ2) is 8.16. The molecule has 3 aromatic carbocycles. The summed E-state index contributed by atoms with van der Waals surface area (Å²) in [5.41, 5.74) is 3.10. The third-order valence-electron chi connectivity index (χ3n) is 5.16. The lowest BCUT2D eigenvalue weighted by molar-refractivity contribution is 0.0989. The molecule has 6 heteroatoms. The van der Waals surface area contributed by atoms with E-state index >= 15 is 0 Å². The Bertz CT molecular complexity index is 1170. The van der Waals surface area contributed by atoms with Crippen molar-refractivity contribution in [3.8, 4) is 0 Å². The number of sulfonamides is 1. The molecule has 0 N–H and O–H groups in total. The van der Waals surface area contributed by atoms with Crippen LogP contribution in [0.2, 0.25) is 0 Å². The molecule has 5 nitrogen and oxygen atoms in total. The predicted octanol–water partition coefficient (Wildman–Crippen LogP) is 4.27. The minimum atomic E-state index is -3.74. The molecular weight excluding hydrogens is 396 g/mol. The van der Waals surface area contributed by atoms with Gasteiger partial charge in [0.15, 0.2) is 0 Å². The molecule has 1 aliphatic rings. The van der Waals surface area contributed by atoms with Gasteiger partial charge in [-0.05, 0) is 54.4 Å². The Morgan fingerprint density at radius 3 is 2.33 bits per heavy atom. The van der Waals surface area contributed by atoms with Gasteiger partial charge in [0, 0.05) is 17.8 Å². The van der Waals surface area contributed by atoms with Crippen molar-refractivity contribution in [3.05, 3.63) is 103 Å². The van der Waals surface area contributed by atoms with Crippen LogP contribution in [0, 0.1) is 0 Å². The van der Waals surface area contributed by atoms with Gasteiger partial charge in [-0.25, -0.2) is 8.42 Å². The highest BCUT2D eigenvalue weighted by atomic mass is 32.2. The van der Waals surface area contributed by atoms with Crippen LogP contribution in [-0.2, 0) is 16.4 Å². The molecular formula is C24H22N2O3S.